The summed E-state index contributed by atoms with van der Waals surface area (Å²) in [5.41, 5.74) is 8.30. The second-order valence-electron chi connectivity index (χ2n) is 8.28. The van der Waals surface area contributed by atoms with E-state index in [4.69, 9.17) is 33.9 Å². The molecule has 1 saturated heterocycles. The van der Waals surface area contributed by atoms with E-state index in [-0.39, 0.29) is 0 Å². The van der Waals surface area contributed by atoms with Gasteiger partial charge in [0.05, 0.1) is 14.9 Å². The largest absolute Gasteiger partial charge is 0.357 e. The molecule has 0 bridgehead atoms. The van der Waals surface area contributed by atoms with Crippen molar-refractivity contribution in [3.63, 3.8) is 0 Å². The molecular weight excluding hydrogens is 435 g/mol. The summed E-state index contributed by atoms with van der Waals surface area (Å²) in [5, 5.41) is 10.9. The Labute approximate surface area is 192 Å². The Kier molecular flexibility index (Phi) is 6.50. The Balaban J connectivity index is 1.61. The predicted molar refractivity (Wildman–Crippen MR) is 125 cm³/mol. The van der Waals surface area contributed by atoms with E-state index in [0.29, 0.717) is 27.2 Å². The van der Waals surface area contributed by atoms with Crippen molar-refractivity contribution in [1.29, 1.82) is 5.26 Å². The number of nitrogens with zero attached hydrogens (tertiary/aromatic N) is 3. The van der Waals surface area contributed by atoms with Gasteiger partial charge in [0.2, 0.25) is 0 Å². The number of benzene rings is 1. The van der Waals surface area contributed by atoms with Gasteiger partial charge < -0.3 is 10.6 Å². The second kappa shape index (κ2) is 8.96. The first-order chi connectivity index (χ1) is 14.5. The number of pyridine rings is 1. The van der Waals surface area contributed by atoms with Crippen molar-refractivity contribution < 1.29 is 0 Å². The molecule has 158 valence electrons. The van der Waals surface area contributed by atoms with E-state index in [0.717, 1.165) is 59.9 Å². The number of aromatic nitrogens is 1. The predicted octanol–water partition coefficient (Wildman–Crippen LogP) is 6.07. The normalized spacial score (nSPS) is 20.5. The minimum atomic E-state index is 0.307. The first kappa shape index (κ1) is 21.8. The third-order valence-electron chi connectivity index (χ3n) is 6.71. The number of piperidine rings is 1. The van der Waals surface area contributed by atoms with Gasteiger partial charge in [-0.25, -0.2) is 4.98 Å². The first-order valence-corrected chi connectivity index (χ1v) is 12.1. The van der Waals surface area contributed by atoms with E-state index in [1.807, 2.05) is 12.1 Å². The van der Waals surface area contributed by atoms with Crippen LogP contribution in [0.3, 0.4) is 0 Å². The zero-order valence-corrected chi connectivity index (χ0v) is 19.5. The van der Waals surface area contributed by atoms with Crippen LogP contribution in [0.25, 0.3) is 0 Å². The molecule has 4 nitrogen and oxygen atoms in total. The lowest BCUT2D eigenvalue weighted by atomic mass is 9.74. The molecule has 1 aliphatic heterocycles. The molecule has 2 heterocycles. The molecule has 1 saturated carbocycles. The SMILES string of the molecule is CCc1cc(N2CCC3(CCC[C@H]3N)CC2)nc(C#N)c1Sc1cccc(Cl)c1Cl. The van der Waals surface area contributed by atoms with Gasteiger partial charge in [-0.05, 0) is 61.3 Å². The number of halogens is 2. The van der Waals surface area contributed by atoms with Crippen LogP contribution in [0, 0.1) is 16.7 Å². The summed E-state index contributed by atoms with van der Waals surface area (Å²) < 4.78 is 0. The van der Waals surface area contributed by atoms with Crippen molar-refractivity contribution in [1.82, 2.24) is 4.98 Å². The summed E-state index contributed by atoms with van der Waals surface area (Å²) in [6.07, 6.45) is 6.66. The molecule has 2 aliphatic rings. The minimum Gasteiger partial charge on any atom is -0.357 e. The zero-order valence-electron chi connectivity index (χ0n) is 17.1. The van der Waals surface area contributed by atoms with Crippen molar-refractivity contribution in [2.45, 2.75) is 61.3 Å². The fraction of sp³-hybridized carbons (Fsp3) is 0.478. The number of hydrogen-bond donors (Lipinski definition) is 1. The van der Waals surface area contributed by atoms with Crippen LogP contribution in [0.1, 0.15) is 50.3 Å². The number of nitrogens with two attached hydrogens (primary N) is 1. The van der Waals surface area contributed by atoms with Gasteiger partial charge in [-0.2, -0.15) is 5.26 Å². The maximum atomic E-state index is 9.85. The molecule has 0 unspecified atom stereocenters. The molecule has 4 rings (SSSR count). The van der Waals surface area contributed by atoms with E-state index in [9.17, 15) is 5.26 Å². The van der Waals surface area contributed by atoms with Crippen molar-refractivity contribution >= 4 is 40.8 Å². The Hall–Kier alpha value is -1.45. The number of anilines is 1. The average Bonchev–Trinajstić information content (AvgIpc) is 3.11. The number of hydrogen-bond acceptors (Lipinski definition) is 5. The van der Waals surface area contributed by atoms with Gasteiger partial charge in [-0.1, -0.05) is 54.4 Å². The van der Waals surface area contributed by atoms with Crippen molar-refractivity contribution in [3.05, 3.63) is 45.6 Å². The highest BCUT2D eigenvalue weighted by atomic mass is 35.5. The average molecular weight is 461 g/mol. The van der Waals surface area contributed by atoms with E-state index in [2.05, 4.69) is 24.0 Å². The number of rotatable bonds is 4. The van der Waals surface area contributed by atoms with Crippen LogP contribution >= 0.6 is 35.0 Å². The monoisotopic (exact) mass is 460 g/mol. The van der Waals surface area contributed by atoms with Crippen molar-refractivity contribution in [3.8, 4) is 6.07 Å². The number of aryl methyl sites for hydroxylation is 1. The molecule has 1 spiro atoms. The van der Waals surface area contributed by atoms with Gasteiger partial charge in [0.1, 0.15) is 11.9 Å². The van der Waals surface area contributed by atoms with Gasteiger partial charge in [0.25, 0.3) is 0 Å². The molecule has 1 aliphatic carbocycles. The third-order valence-corrected chi connectivity index (χ3v) is 8.86. The summed E-state index contributed by atoms with van der Waals surface area (Å²) in [6, 6.07) is 10.3. The van der Waals surface area contributed by atoms with Crippen LogP contribution in [0.5, 0.6) is 0 Å². The standard InChI is InChI=1S/C23H26Cl2N4S/c1-2-15-13-20(29-11-9-23(10-12-29)8-4-7-19(23)27)28-17(14-26)22(15)30-18-6-3-5-16(24)21(18)25/h3,5-6,13,19H,2,4,7-12,27H2,1H3/t19-/m1/s1. The van der Waals surface area contributed by atoms with Gasteiger partial charge in [0.15, 0.2) is 5.69 Å². The highest BCUT2D eigenvalue weighted by Gasteiger charge is 2.43. The van der Waals surface area contributed by atoms with Crippen LogP contribution in [0.4, 0.5) is 5.82 Å². The Morgan fingerprint density at radius 2 is 2.07 bits per heavy atom. The smallest absolute Gasteiger partial charge is 0.157 e. The van der Waals surface area contributed by atoms with Crippen molar-refractivity contribution in [2.75, 3.05) is 18.0 Å². The minimum absolute atomic E-state index is 0.307. The Morgan fingerprint density at radius 1 is 1.30 bits per heavy atom. The summed E-state index contributed by atoms with van der Waals surface area (Å²) in [5.74, 6) is 0.895. The molecular formula is C23H26Cl2N4S. The fourth-order valence-corrected chi connectivity index (χ4v) is 6.39. The van der Waals surface area contributed by atoms with Gasteiger partial charge in [-0.15, -0.1) is 0 Å². The van der Waals surface area contributed by atoms with Gasteiger partial charge >= 0.3 is 0 Å². The lowest BCUT2D eigenvalue weighted by Crippen LogP contribution is -2.47. The van der Waals surface area contributed by atoms with E-state index < -0.39 is 0 Å². The van der Waals surface area contributed by atoms with Crippen molar-refractivity contribution in [2.24, 2.45) is 11.1 Å². The summed E-state index contributed by atoms with van der Waals surface area (Å²) in [4.78, 5) is 8.75. The highest BCUT2D eigenvalue weighted by Crippen LogP contribution is 2.46. The quantitative estimate of drug-likeness (QED) is 0.599. The zero-order chi connectivity index (χ0) is 21.3. The van der Waals surface area contributed by atoms with Crippen LogP contribution in [0.15, 0.2) is 34.1 Å². The molecule has 7 heteroatoms. The topological polar surface area (TPSA) is 65.9 Å². The molecule has 2 fully saturated rings. The van der Waals surface area contributed by atoms with E-state index in [1.54, 1.807) is 6.07 Å². The second-order valence-corrected chi connectivity index (χ2v) is 10.1. The molecule has 2 N–H and O–H groups in total. The summed E-state index contributed by atoms with van der Waals surface area (Å²) >= 11 is 14.0. The van der Waals surface area contributed by atoms with Crippen LogP contribution in [-0.4, -0.2) is 24.1 Å². The van der Waals surface area contributed by atoms with Gasteiger partial charge in [-0.3, -0.25) is 0 Å². The van der Waals surface area contributed by atoms with Crippen LogP contribution in [0.2, 0.25) is 10.0 Å². The molecule has 2 aromatic rings. The maximum absolute atomic E-state index is 9.85. The van der Waals surface area contributed by atoms with Crippen LogP contribution < -0.4 is 10.6 Å². The summed E-state index contributed by atoms with van der Waals surface area (Å²) in [6.45, 7) is 4.00. The molecule has 30 heavy (non-hydrogen) atoms. The lowest BCUT2D eigenvalue weighted by Gasteiger charge is -2.42. The van der Waals surface area contributed by atoms with Gasteiger partial charge in [0, 0.05) is 24.0 Å². The van der Waals surface area contributed by atoms with E-state index in [1.165, 1.54) is 24.6 Å². The molecule has 0 radical (unpaired) electrons. The lowest BCUT2D eigenvalue weighted by molar-refractivity contribution is 0.197. The Morgan fingerprint density at radius 3 is 2.70 bits per heavy atom. The maximum Gasteiger partial charge on any atom is 0.157 e. The highest BCUT2D eigenvalue weighted by molar-refractivity contribution is 7.99. The molecule has 0 amide bonds. The molecule has 1 atom stereocenters. The first-order valence-electron chi connectivity index (χ1n) is 10.5. The fourth-order valence-electron chi connectivity index (χ4n) is 4.83. The molecule has 1 aromatic heterocycles. The summed E-state index contributed by atoms with van der Waals surface area (Å²) in [7, 11) is 0. The molecule has 1 aromatic carbocycles. The van der Waals surface area contributed by atoms with E-state index >= 15 is 0 Å². The third kappa shape index (κ3) is 4.03. The number of nitriles is 1. The Bertz CT molecular complexity index is 980. The van der Waals surface area contributed by atoms with Crippen LogP contribution in [-0.2, 0) is 6.42 Å².